The van der Waals surface area contributed by atoms with Gasteiger partial charge in [0.15, 0.2) is 0 Å². The topological polar surface area (TPSA) is 20.2 Å². The molecule has 0 aromatic rings. The lowest BCUT2D eigenvalue weighted by atomic mass is 9.68. The van der Waals surface area contributed by atoms with Crippen molar-refractivity contribution in [3.63, 3.8) is 0 Å². The summed E-state index contributed by atoms with van der Waals surface area (Å²) in [6, 6.07) is 0. The van der Waals surface area contributed by atoms with Crippen LogP contribution in [0.25, 0.3) is 0 Å². The molecule has 0 aromatic carbocycles. The summed E-state index contributed by atoms with van der Waals surface area (Å²) in [5.41, 5.74) is 0. The second-order valence-electron chi connectivity index (χ2n) is 5.82. The van der Waals surface area contributed by atoms with E-state index < -0.39 is 0 Å². The Kier molecular flexibility index (Phi) is 5.54. The molecule has 0 bridgehead atoms. The summed E-state index contributed by atoms with van der Waals surface area (Å²) in [6.45, 7) is 9.03. The normalized spacial score (nSPS) is 33.5. The van der Waals surface area contributed by atoms with Gasteiger partial charge in [-0.05, 0) is 42.9 Å². The van der Waals surface area contributed by atoms with Gasteiger partial charge in [-0.15, -0.1) is 0 Å². The number of hydrogen-bond donors (Lipinski definition) is 1. The standard InChI is InChI=1S/C15H28O/c1-5-6-7-15(16)14-10-12(4)8-9-13(14)11(2)3/h6-7,11-16H,5,8-10H2,1-4H3. The Balaban J connectivity index is 2.66. The molecule has 0 amide bonds. The first-order chi connectivity index (χ1) is 7.56. The number of allylic oxidation sites excluding steroid dienone is 1. The Hall–Kier alpha value is -0.300. The first-order valence-electron chi connectivity index (χ1n) is 6.91. The monoisotopic (exact) mass is 224 g/mol. The van der Waals surface area contributed by atoms with Crippen molar-refractivity contribution < 1.29 is 5.11 Å². The Labute approximate surface area is 101 Å². The molecular formula is C15H28O. The van der Waals surface area contributed by atoms with E-state index in [2.05, 4.69) is 33.8 Å². The Bertz CT molecular complexity index is 219. The summed E-state index contributed by atoms with van der Waals surface area (Å²) >= 11 is 0. The molecule has 1 fully saturated rings. The molecule has 1 heteroatoms. The van der Waals surface area contributed by atoms with Crippen LogP contribution in [0.3, 0.4) is 0 Å². The molecule has 94 valence electrons. The molecule has 4 unspecified atom stereocenters. The highest BCUT2D eigenvalue weighted by Crippen LogP contribution is 2.39. The second kappa shape index (κ2) is 6.44. The Morgan fingerprint density at radius 3 is 2.50 bits per heavy atom. The van der Waals surface area contributed by atoms with Gasteiger partial charge in [0.1, 0.15) is 0 Å². The van der Waals surface area contributed by atoms with Gasteiger partial charge in [-0.25, -0.2) is 0 Å². The average Bonchev–Trinajstić information content (AvgIpc) is 2.25. The predicted octanol–water partition coefficient (Wildman–Crippen LogP) is 4.02. The van der Waals surface area contributed by atoms with Gasteiger partial charge in [-0.1, -0.05) is 46.3 Å². The van der Waals surface area contributed by atoms with Crippen molar-refractivity contribution in [3.05, 3.63) is 12.2 Å². The molecule has 0 aromatic heterocycles. The van der Waals surface area contributed by atoms with Crippen LogP contribution in [0, 0.1) is 23.7 Å². The van der Waals surface area contributed by atoms with E-state index in [0.717, 1.165) is 12.3 Å². The lowest BCUT2D eigenvalue weighted by Crippen LogP contribution is -2.35. The summed E-state index contributed by atoms with van der Waals surface area (Å²) in [4.78, 5) is 0. The van der Waals surface area contributed by atoms with Crippen LogP contribution < -0.4 is 0 Å². The van der Waals surface area contributed by atoms with E-state index in [9.17, 15) is 5.11 Å². The van der Waals surface area contributed by atoms with Crippen LogP contribution in [-0.2, 0) is 0 Å². The highest BCUT2D eigenvalue weighted by atomic mass is 16.3. The van der Waals surface area contributed by atoms with E-state index >= 15 is 0 Å². The van der Waals surface area contributed by atoms with Crippen molar-refractivity contribution in [2.75, 3.05) is 0 Å². The molecule has 0 radical (unpaired) electrons. The first-order valence-corrected chi connectivity index (χ1v) is 6.91. The maximum atomic E-state index is 10.3. The molecule has 1 aliphatic rings. The third-order valence-corrected chi connectivity index (χ3v) is 4.08. The Morgan fingerprint density at radius 1 is 1.25 bits per heavy atom. The van der Waals surface area contributed by atoms with Gasteiger partial charge in [-0.3, -0.25) is 0 Å². The van der Waals surface area contributed by atoms with Crippen LogP contribution in [0.5, 0.6) is 0 Å². The molecule has 0 heterocycles. The smallest absolute Gasteiger partial charge is 0.0751 e. The number of aliphatic hydroxyl groups is 1. The fraction of sp³-hybridized carbons (Fsp3) is 0.867. The molecule has 0 aliphatic heterocycles. The maximum absolute atomic E-state index is 10.3. The molecule has 4 atom stereocenters. The molecule has 1 nitrogen and oxygen atoms in total. The molecule has 0 spiro atoms. The minimum absolute atomic E-state index is 0.227. The van der Waals surface area contributed by atoms with Crippen molar-refractivity contribution in [2.24, 2.45) is 23.7 Å². The van der Waals surface area contributed by atoms with Crippen LogP contribution >= 0.6 is 0 Å². The molecule has 1 rings (SSSR count). The molecule has 1 saturated carbocycles. The third-order valence-electron chi connectivity index (χ3n) is 4.08. The van der Waals surface area contributed by atoms with Gasteiger partial charge in [-0.2, -0.15) is 0 Å². The highest BCUT2D eigenvalue weighted by molar-refractivity contribution is 4.96. The van der Waals surface area contributed by atoms with E-state index in [4.69, 9.17) is 0 Å². The minimum atomic E-state index is -0.227. The fourth-order valence-electron chi connectivity index (χ4n) is 3.09. The van der Waals surface area contributed by atoms with Crippen molar-refractivity contribution >= 4 is 0 Å². The van der Waals surface area contributed by atoms with Crippen molar-refractivity contribution in [2.45, 2.75) is 59.5 Å². The summed E-state index contributed by atoms with van der Waals surface area (Å²) in [6.07, 6.45) is 8.72. The molecule has 1 aliphatic carbocycles. The molecule has 1 N–H and O–H groups in total. The highest BCUT2D eigenvalue weighted by Gasteiger charge is 2.33. The van der Waals surface area contributed by atoms with Gasteiger partial charge >= 0.3 is 0 Å². The summed E-state index contributed by atoms with van der Waals surface area (Å²) in [7, 11) is 0. The number of rotatable bonds is 4. The minimum Gasteiger partial charge on any atom is -0.389 e. The number of hydrogen-bond acceptors (Lipinski definition) is 1. The molecular weight excluding hydrogens is 196 g/mol. The zero-order chi connectivity index (χ0) is 12.1. The SMILES string of the molecule is CCC=CC(O)C1CC(C)CCC1C(C)C. The zero-order valence-electron chi connectivity index (χ0n) is 11.3. The largest absolute Gasteiger partial charge is 0.389 e. The summed E-state index contributed by atoms with van der Waals surface area (Å²) in [5, 5.41) is 10.3. The molecule has 0 saturated heterocycles. The second-order valence-corrected chi connectivity index (χ2v) is 5.82. The third kappa shape index (κ3) is 3.62. The lowest BCUT2D eigenvalue weighted by molar-refractivity contribution is 0.0426. The van der Waals surface area contributed by atoms with E-state index in [-0.39, 0.29) is 6.10 Å². The fourth-order valence-corrected chi connectivity index (χ4v) is 3.09. The molecule has 16 heavy (non-hydrogen) atoms. The van der Waals surface area contributed by atoms with E-state index in [1.165, 1.54) is 19.3 Å². The van der Waals surface area contributed by atoms with Gasteiger partial charge in [0, 0.05) is 0 Å². The van der Waals surface area contributed by atoms with Crippen LogP contribution in [0.4, 0.5) is 0 Å². The zero-order valence-corrected chi connectivity index (χ0v) is 11.3. The van der Waals surface area contributed by atoms with Crippen LogP contribution in [-0.4, -0.2) is 11.2 Å². The number of aliphatic hydroxyl groups excluding tert-OH is 1. The van der Waals surface area contributed by atoms with E-state index in [0.29, 0.717) is 17.8 Å². The lowest BCUT2D eigenvalue weighted by Gasteiger charge is -2.39. The van der Waals surface area contributed by atoms with E-state index in [1.807, 2.05) is 6.08 Å². The maximum Gasteiger partial charge on any atom is 0.0751 e. The average molecular weight is 224 g/mol. The summed E-state index contributed by atoms with van der Waals surface area (Å²) in [5.74, 6) is 2.66. The van der Waals surface area contributed by atoms with Gasteiger partial charge < -0.3 is 5.11 Å². The first kappa shape index (κ1) is 13.8. The predicted molar refractivity (Wildman–Crippen MR) is 70.3 cm³/mol. The Morgan fingerprint density at radius 2 is 1.94 bits per heavy atom. The van der Waals surface area contributed by atoms with Crippen molar-refractivity contribution in [3.8, 4) is 0 Å². The van der Waals surface area contributed by atoms with Crippen LogP contribution in [0.1, 0.15) is 53.4 Å². The van der Waals surface area contributed by atoms with Crippen molar-refractivity contribution in [1.29, 1.82) is 0 Å². The van der Waals surface area contributed by atoms with Gasteiger partial charge in [0.05, 0.1) is 6.10 Å². The van der Waals surface area contributed by atoms with Crippen molar-refractivity contribution in [1.82, 2.24) is 0 Å². The van der Waals surface area contributed by atoms with Crippen LogP contribution in [0.2, 0.25) is 0 Å². The van der Waals surface area contributed by atoms with E-state index in [1.54, 1.807) is 0 Å². The van der Waals surface area contributed by atoms with Gasteiger partial charge in [0.25, 0.3) is 0 Å². The quantitative estimate of drug-likeness (QED) is 0.715. The summed E-state index contributed by atoms with van der Waals surface area (Å²) < 4.78 is 0. The van der Waals surface area contributed by atoms with Crippen LogP contribution in [0.15, 0.2) is 12.2 Å². The van der Waals surface area contributed by atoms with Gasteiger partial charge in [0.2, 0.25) is 0 Å².